The second kappa shape index (κ2) is 6.06. The van der Waals surface area contributed by atoms with Crippen LogP contribution in [0.4, 0.5) is 0 Å². The zero-order valence-electron chi connectivity index (χ0n) is 9.21. The molecular formula is C10H20ClNO2S. The molecule has 0 aromatic carbocycles. The summed E-state index contributed by atoms with van der Waals surface area (Å²) in [6.45, 7) is 1.90. The van der Waals surface area contributed by atoms with Gasteiger partial charge in [-0.05, 0) is 32.6 Å². The van der Waals surface area contributed by atoms with Crippen molar-refractivity contribution in [1.29, 1.82) is 0 Å². The molecule has 0 spiro atoms. The number of sulfonamides is 1. The van der Waals surface area contributed by atoms with E-state index in [4.69, 9.17) is 11.6 Å². The molecule has 0 amide bonds. The van der Waals surface area contributed by atoms with Gasteiger partial charge in [0.25, 0.3) is 0 Å². The zero-order chi connectivity index (χ0) is 11.3. The number of rotatable bonds is 6. The Labute approximate surface area is 97.6 Å². The largest absolute Gasteiger partial charge is 0.214 e. The van der Waals surface area contributed by atoms with Crippen LogP contribution >= 0.6 is 11.6 Å². The first-order valence-corrected chi connectivity index (χ1v) is 7.71. The van der Waals surface area contributed by atoms with Gasteiger partial charge in [-0.1, -0.05) is 12.8 Å². The third-order valence-electron chi connectivity index (χ3n) is 2.88. The maximum absolute atomic E-state index is 11.9. The minimum absolute atomic E-state index is 0.00866. The van der Waals surface area contributed by atoms with Crippen molar-refractivity contribution in [2.45, 2.75) is 56.7 Å². The first-order valence-electron chi connectivity index (χ1n) is 5.63. The SMILES string of the molecule is CC(CCCCl)NS(=O)(=O)C1CCCC1. The van der Waals surface area contributed by atoms with Gasteiger partial charge in [0.05, 0.1) is 5.25 Å². The van der Waals surface area contributed by atoms with E-state index >= 15 is 0 Å². The van der Waals surface area contributed by atoms with Crippen LogP contribution in [0.25, 0.3) is 0 Å². The van der Waals surface area contributed by atoms with E-state index < -0.39 is 10.0 Å². The van der Waals surface area contributed by atoms with Crippen molar-refractivity contribution < 1.29 is 8.42 Å². The predicted molar refractivity (Wildman–Crippen MR) is 63.7 cm³/mol. The van der Waals surface area contributed by atoms with Crippen molar-refractivity contribution in [2.24, 2.45) is 0 Å². The summed E-state index contributed by atoms with van der Waals surface area (Å²) in [5.74, 6) is 0.593. The lowest BCUT2D eigenvalue weighted by molar-refractivity contribution is 0.531. The van der Waals surface area contributed by atoms with Crippen LogP contribution in [0.2, 0.25) is 0 Å². The smallest absolute Gasteiger partial charge is 0.212 e. The molecule has 15 heavy (non-hydrogen) atoms. The van der Waals surface area contributed by atoms with Gasteiger partial charge in [0.15, 0.2) is 0 Å². The molecule has 0 radical (unpaired) electrons. The molecule has 1 N–H and O–H groups in total. The van der Waals surface area contributed by atoms with Gasteiger partial charge >= 0.3 is 0 Å². The van der Waals surface area contributed by atoms with Gasteiger partial charge in [0.1, 0.15) is 0 Å². The molecule has 1 saturated carbocycles. The monoisotopic (exact) mass is 253 g/mol. The molecule has 90 valence electrons. The van der Waals surface area contributed by atoms with E-state index in [1.165, 1.54) is 0 Å². The number of nitrogens with one attached hydrogen (secondary N) is 1. The Hall–Kier alpha value is 0.200. The average molecular weight is 254 g/mol. The van der Waals surface area contributed by atoms with Crippen LogP contribution in [0.3, 0.4) is 0 Å². The number of alkyl halides is 1. The van der Waals surface area contributed by atoms with Crippen molar-refractivity contribution in [3.05, 3.63) is 0 Å². The summed E-state index contributed by atoms with van der Waals surface area (Å²) in [5, 5.41) is -0.157. The van der Waals surface area contributed by atoms with E-state index in [0.717, 1.165) is 38.5 Å². The summed E-state index contributed by atoms with van der Waals surface area (Å²) >= 11 is 5.57. The normalized spacial score (nSPS) is 20.7. The fourth-order valence-corrected chi connectivity index (χ4v) is 4.00. The van der Waals surface area contributed by atoms with Gasteiger partial charge in [-0.15, -0.1) is 11.6 Å². The average Bonchev–Trinajstić information content (AvgIpc) is 2.67. The molecule has 0 aromatic rings. The fraction of sp³-hybridized carbons (Fsp3) is 1.00. The van der Waals surface area contributed by atoms with Crippen LogP contribution in [0.15, 0.2) is 0 Å². The molecule has 1 rings (SSSR count). The molecule has 1 aliphatic carbocycles. The van der Waals surface area contributed by atoms with Crippen LogP contribution < -0.4 is 4.72 Å². The Morgan fingerprint density at radius 3 is 2.53 bits per heavy atom. The third kappa shape index (κ3) is 4.29. The number of hydrogen-bond acceptors (Lipinski definition) is 2. The fourth-order valence-electron chi connectivity index (χ4n) is 2.02. The Morgan fingerprint density at radius 2 is 2.00 bits per heavy atom. The summed E-state index contributed by atoms with van der Waals surface area (Å²) in [5.41, 5.74) is 0. The van der Waals surface area contributed by atoms with Crippen LogP contribution in [0.5, 0.6) is 0 Å². The molecule has 0 heterocycles. The maximum atomic E-state index is 11.9. The Kier molecular flexibility index (Phi) is 5.36. The number of hydrogen-bond donors (Lipinski definition) is 1. The summed E-state index contributed by atoms with van der Waals surface area (Å²) in [7, 11) is -3.08. The summed E-state index contributed by atoms with van der Waals surface area (Å²) < 4.78 is 26.5. The molecule has 3 nitrogen and oxygen atoms in total. The van der Waals surface area contributed by atoms with Gasteiger partial charge in [-0.25, -0.2) is 13.1 Å². The maximum Gasteiger partial charge on any atom is 0.214 e. The van der Waals surface area contributed by atoms with Crippen molar-refractivity contribution in [1.82, 2.24) is 4.72 Å². The molecule has 0 aromatic heterocycles. The third-order valence-corrected chi connectivity index (χ3v) is 5.22. The van der Waals surface area contributed by atoms with Gasteiger partial charge in [0, 0.05) is 11.9 Å². The highest BCUT2D eigenvalue weighted by Gasteiger charge is 2.29. The molecular weight excluding hydrogens is 234 g/mol. The summed E-state index contributed by atoms with van der Waals surface area (Å²) in [6.07, 6.45) is 5.39. The zero-order valence-corrected chi connectivity index (χ0v) is 10.8. The van der Waals surface area contributed by atoms with E-state index in [2.05, 4.69) is 4.72 Å². The first kappa shape index (κ1) is 13.3. The second-order valence-corrected chi connectivity index (χ2v) is 6.67. The molecule has 0 aliphatic heterocycles. The van der Waals surface area contributed by atoms with Crippen molar-refractivity contribution in [2.75, 3.05) is 5.88 Å². The molecule has 1 aliphatic rings. The summed E-state index contributed by atoms with van der Waals surface area (Å²) in [4.78, 5) is 0. The van der Waals surface area contributed by atoms with Gasteiger partial charge < -0.3 is 0 Å². The van der Waals surface area contributed by atoms with E-state index in [9.17, 15) is 8.42 Å². The highest BCUT2D eigenvalue weighted by atomic mass is 35.5. The van der Waals surface area contributed by atoms with E-state index in [-0.39, 0.29) is 11.3 Å². The molecule has 0 saturated heterocycles. The topological polar surface area (TPSA) is 46.2 Å². The van der Waals surface area contributed by atoms with Crippen LogP contribution in [-0.2, 0) is 10.0 Å². The lowest BCUT2D eigenvalue weighted by atomic mass is 10.2. The van der Waals surface area contributed by atoms with Crippen LogP contribution in [-0.4, -0.2) is 25.6 Å². The van der Waals surface area contributed by atoms with Crippen LogP contribution in [0, 0.1) is 0 Å². The predicted octanol–water partition coefficient (Wildman–Crippen LogP) is 2.26. The Bertz CT molecular complexity index is 273. The minimum atomic E-state index is -3.08. The van der Waals surface area contributed by atoms with E-state index in [1.807, 2.05) is 6.92 Å². The van der Waals surface area contributed by atoms with E-state index in [1.54, 1.807) is 0 Å². The lowest BCUT2D eigenvalue weighted by Gasteiger charge is -2.17. The van der Waals surface area contributed by atoms with Crippen molar-refractivity contribution in [3.63, 3.8) is 0 Å². The van der Waals surface area contributed by atoms with Crippen molar-refractivity contribution >= 4 is 21.6 Å². The molecule has 1 fully saturated rings. The molecule has 5 heteroatoms. The highest BCUT2D eigenvalue weighted by molar-refractivity contribution is 7.90. The standard InChI is InChI=1S/C10H20ClNO2S/c1-9(5-4-8-11)12-15(13,14)10-6-2-3-7-10/h9-10,12H,2-8H2,1H3. The van der Waals surface area contributed by atoms with Crippen molar-refractivity contribution in [3.8, 4) is 0 Å². The quantitative estimate of drug-likeness (QED) is 0.738. The van der Waals surface area contributed by atoms with Crippen LogP contribution in [0.1, 0.15) is 45.4 Å². The Morgan fingerprint density at radius 1 is 1.40 bits per heavy atom. The van der Waals surface area contributed by atoms with Gasteiger partial charge in [-0.2, -0.15) is 0 Å². The summed E-state index contributed by atoms with van der Waals surface area (Å²) in [6, 6.07) is 0.00866. The first-order chi connectivity index (χ1) is 7.06. The number of halogens is 1. The minimum Gasteiger partial charge on any atom is -0.212 e. The highest BCUT2D eigenvalue weighted by Crippen LogP contribution is 2.24. The molecule has 1 unspecified atom stereocenters. The molecule has 0 bridgehead atoms. The molecule has 1 atom stereocenters. The van der Waals surface area contributed by atoms with E-state index in [0.29, 0.717) is 5.88 Å². The lowest BCUT2D eigenvalue weighted by Crippen LogP contribution is -2.38. The van der Waals surface area contributed by atoms with Gasteiger partial charge in [-0.3, -0.25) is 0 Å². The second-order valence-electron chi connectivity index (χ2n) is 4.30. The van der Waals surface area contributed by atoms with Gasteiger partial charge in [0.2, 0.25) is 10.0 Å². The Balaban J connectivity index is 2.41.